The van der Waals surface area contributed by atoms with Crippen molar-refractivity contribution in [3.63, 3.8) is 0 Å². The minimum absolute atomic E-state index is 0.696. The predicted octanol–water partition coefficient (Wildman–Crippen LogP) is 4.35. The minimum Gasteiger partial charge on any atom is -0.398 e. The Bertz CT molecular complexity index is 479. The van der Waals surface area contributed by atoms with Crippen LogP contribution in [0.2, 0.25) is 5.02 Å². The van der Waals surface area contributed by atoms with Gasteiger partial charge in [0.1, 0.15) is 0 Å². The Balaban J connectivity index is 2.53. The number of nitrogen functional groups attached to an aromatic ring is 1. The third-order valence-corrected chi connectivity index (χ3v) is 2.93. The van der Waals surface area contributed by atoms with Gasteiger partial charge in [0.15, 0.2) is 0 Å². The minimum atomic E-state index is 0.696. The molecule has 76 valence electrons. The molecule has 2 rings (SSSR count). The van der Waals surface area contributed by atoms with E-state index in [9.17, 15) is 0 Å². The van der Waals surface area contributed by atoms with Crippen LogP contribution in [0.3, 0.4) is 0 Å². The summed E-state index contributed by atoms with van der Waals surface area (Å²) in [6.07, 6.45) is 0. The quantitative estimate of drug-likeness (QED) is 0.773. The van der Waals surface area contributed by atoms with Crippen LogP contribution < -0.4 is 5.73 Å². The summed E-state index contributed by atoms with van der Waals surface area (Å²) < 4.78 is 1.05. The molecule has 2 N–H and O–H groups in total. The fraction of sp³-hybridized carbons (Fsp3) is 0. The summed E-state index contributed by atoms with van der Waals surface area (Å²) in [5.74, 6) is 0. The molecule has 2 aromatic rings. The Morgan fingerprint density at radius 3 is 2.33 bits per heavy atom. The molecule has 15 heavy (non-hydrogen) atoms. The normalized spacial score (nSPS) is 10.3. The zero-order valence-electron chi connectivity index (χ0n) is 7.87. The molecular formula is C12H9BrClN. The molecule has 0 spiro atoms. The van der Waals surface area contributed by atoms with E-state index in [-0.39, 0.29) is 0 Å². The first-order chi connectivity index (χ1) is 7.16. The average molecular weight is 283 g/mol. The second-order valence-electron chi connectivity index (χ2n) is 3.24. The summed E-state index contributed by atoms with van der Waals surface area (Å²) in [7, 11) is 0. The first kappa shape index (κ1) is 10.5. The number of benzene rings is 2. The van der Waals surface area contributed by atoms with E-state index in [1.54, 1.807) is 6.07 Å². The van der Waals surface area contributed by atoms with Crippen molar-refractivity contribution in [3.8, 4) is 11.1 Å². The van der Waals surface area contributed by atoms with Gasteiger partial charge >= 0.3 is 0 Å². The van der Waals surface area contributed by atoms with E-state index in [0.717, 1.165) is 21.3 Å². The Morgan fingerprint density at radius 1 is 1.00 bits per heavy atom. The zero-order valence-corrected chi connectivity index (χ0v) is 10.2. The van der Waals surface area contributed by atoms with E-state index in [0.29, 0.717) is 5.02 Å². The molecule has 0 saturated carbocycles. The topological polar surface area (TPSA) is 26.0 Å². The standard InChI is InChI=1S/C12H9BrClN/c13-9-3-1-8(2-4-9)11-7-10(14)5-6-12(11)15/h1-7H,15H2. The Hall–Kier alpha value is -0.990. The van der Waals surface area contributed by atoms with E-state index in [4.69, 9.17) is 17.3 Å². The third-order valence-electron chi connectivity index (χ3n) is 2.17. The van der Waals surface area contributed by atoms with E-state index in [1.807, 2.05) is 36.4 Å². The maximum Gasteiger partial charge on any atom is 0.0413 e. The summed E-state index contributed by atoms with van der Waals surface area (Å²) in [4.78, 5) is 0. The Morgan fingerprint density at radius 2 is 1.67 bits per heavy atom. The highest BCUT2D eigenvalue weighted by Gasteiger charge is 2.02. The first-order valence-corrected chi connectivity index (χ1v) is 5.65. The van der Waals surface area contributed by atoms with Crippen molar-refractivity contribution in [1.29, 1.82) is 0 Å². The van der Waals surface area contributed by atoms with Crippen LogP contribution in [0.5, 0.6) is 0 Å². The smallest absolute Gasteiger partial charge is 0.0413 e. The Labute approximate surface area is 102 Å². The van der Waals surface area contributed by atoms with Gasteiger partial charge in [0.05, 0.1) is 0 Å². The number of hydrogen-bond acceptors (Lipinski definition) is 1. The number of nitrogens with two attached hydrogens (primary N) is 1. The van der Waals surface area contributed by atoms with Crippen molar-refractivity contribution in [2.24, 2.45) is 0 Å². The molecule has 0 aromatic heterocycles. The van der Waals surface area contributed by atoms with E-state index in [1.165, 1.54) is 0 Å². The van der Waals surface area contributed by atoms with E-state index < -0.39 is 0 Å². The molecule has 0 aliphatic rings. The van der Waals surface area contributed by atoms with Crippen LogP contribution in [-0.2, 0) is 0 Å². The highest BCUT2D eigenvalue weighted by Crippen LogP contribution is 2.29. The van der Waals surface area contributed by atoms with Gasteiger partial charge in [-0.1, -0.05) is 39.7 Å². The van der Waals surface area contributed by atoms with Gasteiger partial charge in [0, 0.05) is 20.7 Å². The molecule has 0 amide bonds. The van der Waals surface area contributed by atoms with Crippen molar-refractivity contribution in [2.45, 2.75) is 0 Å². The van der Waals surface area contributed by atoms with Crippen LogP contribution in [-0.4, -0.2) is 0 Å². The van der Waals surface area contributed by atoms with E-state index in [2.05, 4.69) is 15.9 Å². The summed E-state index contributed by atoms with van der Waals surface area (Å²) in [5, 5.41) is 0.696. The SMILES string of the molecule is Nc1ccc(Cl)cc1-c1ccc(Br)cc1. The number of anilines is 1. The van der Waals surface area contributed by atoms with Gasteiger partial charge in [-0.3, -0.25) is 0 Å². The molecule has 0 unspecified atom stereocenters. The van der Waals surface area contributed by atoms with Crippen LogP contribution >= 0.6 is 27.5 Å². The number of rotatable bonds is 1. The van der Waals surface area contributed by atoms with Gasteiger partial charge in [-0.2, -0.15) is 0 Å². The highest BCUT2D eigenvalue weighted by atomic mass is 79.9. The van der Waals surface area contributed by atoms with Crippen LogP contribution in [0, 0.1) is 0 Å². The van der Waals surface area contributed by atoms with Crippen LogP contribution in [0.15, 0.2) is 46.9 Å². The molecule has 0 atom stereocenters. The molecular weight excluding hydrogens is 273 g/mol. The second kappa shape index (κ2) is 4.25. The third kappa shape index (κ3) is 2.33. The van der Waals surface area contributed by atoms with Gasteiger partial charge in [-0.05, 0) is 35.9 Å². The fourth-order valence-corrected chi connectivity index (χ4v) is 1.84. The van der Waals surface area contributed by atoms with Crippen molar-refractivity contribution in [2.75, 3.05) is 5.73 Å². The molecule has 2 aromatic carbocycles. The van der Waals surface area contributed by atoms with Gasteiger partial charge in [0.2, 0.25) is 0 Å². The monoisotopic (exact) mass is 281 g/mol. The molecule has 0 radical (unpaired) electrons. The van der Waals surface area contributed by atoms with Crippen LogP contribution in [0.4, 0.5) is 5.69 Å². The lowest BCUT2D eigenvalue weighted by Crippen LogP contribution is -1.89. The van der Waals surface area contributed by atoms with E-state index >= 15 is 0 Å². The number of halogens is 2. The van der Waals surface area contributed by atoms with Gasteiger partial charge in [0.25, 0.3) is 0 Å². The maximum absolute atomic E-state index is 5.93. The summed E-state index contributed by atoms with van der Waals surface area (Å²) in [5.41, 5.74) is 8.66. The summed E-state index contributed by atoms with van der Waals surface area (Å²) >= 11 is 9.33. The molecule has 0 fully saturated rings. The van der Waals surface area contributed by atoms with Gasteiger partial charge in [-0.25, -0.2) is 0 Å². The van der Waals surface area contributed by atoms with Crippen molar-refractivity contribution in [1.82, 2.24) is 0 Å². The predicted molar refractivity (Wildman–Crippen MR) is 69.0 cm³/mol. The molecule has 0 heterocycles. The average Bonchev–Trinajstić information content (AvgIpc) is 2.23. The lowest BCUT2D eigenvalue weighted by Gasteiger charge is -2.06. The molecule has 0 aliphatic carbocycles. The lowest BCUT2D eigenvalue weighted by atomic mass is 10.0. The maximum atomic E-state index is 5.93. The largest absolute Gasteiger partial charge is 0.398 e. The first-order valence-electron chi connectivity index (χ1n) is 4.48. The molecule has 0 bridgehead atoms. The lowest BCUT2D eigenvalue weighted by molar-refractivity contribution is 1.59. The Kier molecular flexibility index (Phi) is 2.98. The number of hydrogen-bond donors (Lipinski definition) is 1. The zero-order chi connectivity index (χ0) is 10.8. The summed E-state index contributed by atoms with van der Waals surface area (Å²) in [6, 6.07) is 13.5. The van der Waals surface area contributed by atoms with Crippen LogP contribution in [0.25, 0.3) is 11.1 Å². The van der Waals surface area contributed by atoms with Crippen molar-refractivity contribution < 1.29 is 0 Å². The highest BCUT2D eigenvalue weighted by molar-refractivity contribution is 9.10. The van der Waals surface area contributed by atoms with Crippen molar-refractivity contribution in [3.05, 3.63) is 52.0 Å². The molecule has 3 heteroatoms. The van der Waals surface area contributed by atoms with Gasteiger partial charge < -0.3 is 5.73 Å². The summed E-state index contributed by atoms with van der Waals surface area (Å²) in [6.45, 7) is 0. The second-order valence-corrected chi connectivity index (χ2v) is 4.59. The molecule has 0 saturated heterocycles. The van der Waals surface area contributed by atoms with Crippen LogP contribution in [0.1, 0.15) is 0 Å². The molecule has 1 nitrogen and oxygen atoms in total. The molecule has 0 aliphatic heterocycles. The van der Waals surface area contributed by atoms with Crippen molar-refractivity contribution >= 4 is 33.2 Å². The fourth-order valence-electron chi connectivity index (χ4n) is 1.41. The van der Waals surface area contributed by atoms with Gasteiger partial charge in [-0.15, -0.1) is 0 Å².